The highest BCUT2D eigenvalue weighted by atomic mass is 16.4. The molecule has 0 aromatic carbocycles. The van der Waals surface area contributed by atoms with E-state index in [0.29, 0.717) is 19.0 Å². The van der Waals surface area contributed by atoms with E-state index in [0.717, 1.165) is 25.9 Å². The fourth-order valence-electron chi connectivity index (χ4n) is 2.54. The molecule has 1 aliphatic heterocycles. The smallest absolute Gasteiger partial charge is 0.317 e. The van der Waals surface area contributed by atoms with Crippen molar-refractivity contribution < 1.29 is 14.7 Å². The second kappa shape index (κ2) is 7.64. The quantitative estimate of drug-likeness (QED) is 0.749. The fraction of sp³-hybridized carbons (Fsp3) is 0.867. The van der Waals surface area contributed by atoms with Crippen LogP contribution in [0, 0.1) is 5.41 Å². The normalized spacial score (nSPS) is 19.1. The van der Waals surface area contributed by atoms with E-state index in [-0.39, 0.29) is 17.9 Å². The molecule has 1 heterocycles. The summed E-state index contributed by atoms with van der Waals surface area (Å²) in [5.41, 5.74) is -0.0666. The van der Waals surface area contributed by atoms with Crippen LogP contribution in [-0.4, -0.2) is 66.7 Å². The number of rotatable bonds is 7. The zero-order valence-electron chi connectivity index (χ0n) is 13.7. The number of amides is 2. The molecule has 6 heteroatoms. The first-order valence-electron chi connectivity index (χ1n) is 7.62. The van der Waals surface area contributed by atoms with Crippen molar-refractivity contribution in [3.63, 3.8) is 0 Å². The van der Waals surface area contributed by atoms with Gasteiger partial charge in [-0.25, -0.2) is 4.79 Å². The molecule has 0 bridgehead atoms. The number of hydrogen-bond acceptors (Lipinski definition) is 3. The number of likely N-dealkylation sites (tertiary alicyclic amines) is 1. The minimum Gasteiger partial charge on any atom is -0.481 e. The lowest BCUT2D eigenvalue weighted by Gasteiger charge is -2.25. The van der Waals surface area contributed by atoms with Gasteiger partial charge in [-0.15, -0.1) is 0 Å². The Morgan fingerprint density at radius 3 is 2.52 bits per heavy atom. The van der Waals surface area contributed by atoms with Crippen LogP contribution in [0.4, 0.5) is 4.79 Å². The Morgan fingerprint density at radius 1 is 1.33 bits per heavy atom. The lowest BCUT2D eigenvalue weighted by molar-refractivity contribution is -0.137. The summed E-state index contributed by atoms with van der Waals surface area (Å²) < 4.78 is 0. The Hall–Kier alpha value is -1.30. The first kappa shape index (κ1) is 17.8. The molecule has 0 aliphatic carbocycles. The summed E-state index contributed by atoms with van der Waals surface area (Å²) in [4.78, 5) is 26.7. The summed E-state index contributed by atoms with van der Waals surface area (Å²) in [7, 11) is 4.08. The van der Waals surface area contributed by atoms with Crippen LogP contribution in [0.1, 0.15) is 39.5 Å². The summed E-state index contributed by atoms with van der Waals surface area (Å²) in [6, 6.07) is 0.441. The number of urea groups is 1. The molecule has 2 N–H and O–H groups in total. The zero-order chi connectivity index (χ0) is 16.0. The number of hydrogen-bond donors (Lipinski definition) is 2. The highest BCUT2D eigenvalue weighted by Gasteiger charge is 2.27. The molecule has 1 aliphatic rings. The summed E-state index contributed by atoms with van der Waals surface area (Å²) >= 11 is 0. The van der Waals surface area contributed by atoms with Gasteiger partial charge in [-0.05, 0) is 38.8 Å². The molecule has 1 fully saturated rings. The molecule has 0 saturated carbocycles. The maximum Gasteiger partial charge on any atom is 0.317 e. The number of carbonyl (C=O) groups is 2. The van der Waals surface area contributed by atoms with Crippen molar-refractivity contribution in [3.05, 3.63) is 0 Å². The number of carboxylic acids is 1. The van der Waals surface area contributed by atoms with Crippen LogP contribution < -0.4 is 5.32 Å². The monoisotopic (exact) mass is 299 g/mol. The van der Waals surface area contributed by atoms with Gasteiger partial charge >= 0.3 is 12.0 Å². The lowest BCUT2D eigenvalue weighted by atomic mass is 9.84. The van der Waals surface area contributed by atoms with E-state index in [9.17, 15) is 9.59 Å². The molecule has 1 atom stereocenters. The van der Waals surface area contributed by atoms with Crippen LogP contribution in [0.25, 0.3) is 0 Å². The van der Waals surface area contributed by atoms with E-state index in [1.54, 1.807) is 0 Å². The molecule has 1 saturated heterocycles. The van der Waals surface area contributed by atoms with E-state index < -0.39 is 5.97 Å². The summed E-state index contributed by atoms with van der Waals surface area (Å²) in [5.74, 6) is -0.765. The third-order valence-corrected chi connectivity index (χ3v) is 4.27. The largest absolute Gasteiger partial charge is 0.481 e. The van der Waals surface area contributed by atoms with E-state index in [2.05, 4.69) is 10.2 Å². The Balaban J connectivity index is 2.26. The Bertz CT molecular complexity index is 369. The van der Waals surface area contributed by atoms with E-state index in [4.69, 9.17) is 5.11 Å². The van der Waals surface area contributed by atoms with Gasteiger partial charge in [-0.2, -0.15) is 0 Å². The van der Waals surface area contributed by atoms with Gasteiger partial charge in [0.2, 0.25) is 0 Å². The van der Waals surface area contributed by atoms with Crippen molar-refractivity contribution in [2.45, 2.75) is 45.6 Å². The third kappa shape index (κ3) is 6.33. The van der Waals surface area contributed by atoms with Gasteiger partial charge < -0.3 is 20.2 Å². The van der Waals surface area contributed by atoms with Gasteiger partial charge in [0.25, 0.3) is 0 Å². The van der Waals surface area contributed by atoms with Crippen LogP contribution in [0.5, 0.6) is 0 Å². The SMILES string of the molecule is CN(C)C1CCN(C(=O)NCCC(C)(C)CCC(=O)O)C1. The van der Waals surface area contributed by atoms with Crippen molar-refractivity contribution >= 4 is 12.0 Å². The molecule has 122 valence electrons. The predicted octanol–water partition coefficient (Wildman–Crippen LogP) is 1.61. The molecule has 0 aromatic rings. The second-order valence-electron chi connectivity index (χ2n) is 6.89. The maximum absolute atomic E-state index is 12.1. The first-order valence-corrected chi connectivity index (χ1v) is 7.62. The van der Waals surface area contributed by atoms with E-state index in [1.165, 1.54) is 0 Å². The topological polar surface area (TPSA) is 72.9 Å². The predicted molar refractivity (Wildman–Crippen MR) is 82.3 cm³/mol. The molecular weight excluding hydrogens is 270 g/mol. The summed E-state index contributed by atoms with van der Waals surface area (Å²) in [5, 5.41) is 11.7. The highest BCUT2D eigenvalue weighted by molar-refractivity contribution is 5.74. The lowest BCUT2D eigenvalue weighted by Crippen LogP contribution is -2.41. The molecule has 6 nitrogen and oxygen atoms in total. The molecule has 1 rings (SSSR count). The van der Waals surface area contributed by atoms with Crippen LogP contribution in [0.2, 0.25) is 0 Å². The highest BCUT2D eigenvalue weighted by Crippen LogP contribution is 2.26. The average molecular weight is 299 g/mol. The second-order valence-corrected chi connectivity index (χ2v) is 6.89. The van der Waals surface area contributed by atoms with E-state index in [1.807, 2.05) is 32.8 Å². The van der Waals surface area contributed by atoms with Gasteiger partial charge in [0, 0.05) is 32.1 Å². The third-order valence-electron chi connectivity index (χ3n) is 4.27. The standard InChI is InChI=1S/C15H29N3O3/c1-15(2,7-5-13(19)20)8-9-16-14(21)18-10-6-12(11-18)17(3)4/h12H,5-11H2,1-4H3,(H,16,21)(H,19,20). The van der Waals surface area contributed by atoms with Crippen LogP contribution in [-0.2, 0) is 4.79 Å². The van der Waals surface area contributed by atoms with Crippen LogP contribution in [0.3, 0.4) is 0 Å². The number of carbonyl (C=O) groups excluding carboxylic acids is 1. The van der Waals surface area contributed by atoms with Gasteiger partial charge in [0.05, 0.1) is 0 Å². The number of nitrogens with one attached hydrogen (secondary N) is 1. The summed E-state index contributed by atoms with van der Waals surface area (Å²) in [6.07, 6.45) is 2.61. The van der Waals surface area contributed by atoms with Crippen molar-refractivity contribution in [2.24, 2.45) is 5.41 Å². The minimum atomic E-state index is -0.765. The van der Waals surface area contributed by atoms with E-state index >= 15 is 0 Å². The Labute approximate surface area is 127 Å². The number of carboxylic acid groups (broad SMARTS) is 1. The molecule has 0 aromatic heterocycles. The molecule has 1 unspecified atom stereocenters. The maximum atomic E-state index is 12.1. The Morgan fingerprint density at radius 2 is 2.00 bits per heavy atom. The molecule has 21 heavy (non-hydrogen) atoms. The number of nitrogens with zero attached hydrogens (tertiary/aromatic N) is 2. The zero-order valence-corrected chi connectivity index (χ0v) is 13.7. The van der Waals surface area contributed by atoms with Crippen LogP contribution >= 0.6 is 0 Å². The Kier molecular flexibility index (Phi) is 6.45. The molecule has 2 amide bonds. The van der Waals surface area contributed by atoms with Crippen molar-refractivity contribution in [1.29, 1.82) is 0 Å². The van der Waals surface area contributed by atoms with Gasteiger partial charge in [0.1, 0.15) is 0 Å². The summed E-state index contributed by atoms with van der Waals surface area (Å²) in [6.45, 7) is 6.26. The van der Waals surface area contributed by atoms with Gasteiger partial charge in [0.15, 0.2) is 0 Å². The fourth-order valence-corrected chi connectivity index (χ4v) is 2.54. The van der Waals surface area contributed by atoms with Crippen molar-refractivity contribution in [2.75, 3.05) is 33.7 Å². The number of likely N-dealkylation sites (N-methyl/N-ethyl adjacent to an activating group) is 1. The van der Waals surface area contributed by atoms with Crippen molar-refractivity contribution in [3.8, 4) is 0 Å². The minimum absolute atomic E-state index is 0.00613. The molecule has 0 spiro atoms. The molecule has 0 radical (unpaired) electrons. The average Bonchev–Trinajstić information content (AvgIpc) is 2.86. The van der Waals surface area contributed by atoms with Crippen molar-refractivity contribution in [1.82, 2.24) is 15.1 Å². The van der Waals surface area contributed by atoms with Crippen LogP contribution in [0.15, 0.2) is 0 Å². The van der Waals surface area contributed by atoms with Gasteiger partial charge in [-0.3, -0.25) is 4.79 Å². The number of aliphatic carboxylic acids is 1. The van der Waals surface area contributed by atoms with Gasteiger partial charge in [-0.1, -0.05) is 13.8 Å². The first-order chi connectivity index (χ1) is 9.71. The molecular formula is C15H29N3O3.